The maximum absolute atomic E-state index is 12.8. The van der Waals surface area contributed by atoms with Gasteiger partial charge in [-0.25, -0.2) is 4.98 Å². The standard InChI is InChI=1S/C22H22N6OS2/c1-5-10-28-20(26-27-22(28)30)19-14(4)24-21(31-19)25-18(29)11-16-12(2)15-8-6-7-9-17(15)23-13(16)3/h5-9H,1,10-11H2,2-4H3,(H,27,30)(H,24,25,29). The summed E-state index contributed by atoms with van der Waals surface area (Å²) in [5.74, 6) is 0.555. The van der Waals surface area contributed by atoms with Crippen LogP contribution < -0.4 is 5.32 Å². The Hall–Kier alpha value is -3.17. The second kappa shape index (κ2) is 8.52. The molecule has 0 fully saturated rings. The molecule has 0 aliphatic rings. The molecule has 1 amide bonds. The Morgan fingerprint density at radius 3 is 2.81 bits per heavy atom. The highest BCUT2D eigenvalue weighted by Crippen LogP contribution is 2.32. The molecule has 2 N–H and O–H groups in total. The molecule has 4 aromatic rings. The third-order valence-corrected chi connectivity index (χ3v) is 6.52. The highest BCUT2D eigenvalue weighted by molar-refractivity contribution is 7.71. The van der Waals surface area contributed by atoms with Crippen LogP contribution in [0.4, 0.5) is 5.13 Å². The molecule has 7 nitrogen and oxygen atoms in total. The number of aryl methyl sites for hydroxylation is 3. The van der Waals surface area contributed by atoms with Gasteiger partial charge < -0.3 is 5.32 Å². The fourth-order valence-corrected chi connectivity index (χ4v) is 4.79. The summed E-state index contributed by atoms with van der Waals surface area (Å²) in [6.07, 6.45) is 1.99. The second-order valence-electron chi connectivity index (χ2n) is 7.23. The summed E-state index contributed by atoms with van der Waals surface area (Å²) < 4.78 is 2.37. The number of nitrogens with zero attached hydrogens (tertiary/aromatic N) is 4. The van der Waals surface area contributed by atoms with Crippen molar-refractivity contribution < 1.29 is 4.79 Å². The molecule has 4 rings (SSSR count). The number of hydrogen-bond acceptors (Lipinski definition) is 6. The van der Waals surface area contributed by atoms with Crippen molar-refractivity contribution >= 4 is 45.5 Å². The summed E-state index contributed by atoms with van der Waals surface area (Å²) in [6.45, 7) is 10.2. The van der Waals surface area contributed by atoms with E-state index in [2.05, 4.69) is 32.1 Å². The van der Waals surface area contributed by atoms with E-state index in [-0.39, 0.29) is 12.3 Å². The minimum Gasteiger partial charge on any atom is -0.302 e. The van der Waals surface area contributed by atoms with Gasteiger partial charge in [-0.1, -0.05) is 35.6 Å². The SMILES string of the molecule is C=CCn1c(-c2sc(NC(=O)Cc3c(C)nc4ccccc4c3C)nc2C)n[nH]c1=S. The molecule has 0 saturated carbocycles. The van der Waals surface area contributed by atoms with Crippen molar-refractivity contribution in [3.05, 3.63) is 64.2 Å². The molecule has 9 heteroatoms. The Morgan fingerprint density at radius 1 is 1.26 bits per heavy atom. The van der Waals surface area contributed by atoms with Crippen molar-refractivity contribution in [3.8, 4) is 10.7 Å². The topological polar surface area (TPSA) is 88.5 Å². The third kappa shape index (κ3) is 4.06. The minimum absolute atomic E-state index is 0.131. The predicted molar refractivity (Wildman–Crippen MR) is 127 cm³/mol. The highest BCUT2D eigenvalue weighted by Gasteiger charge is 2.18. The first-order valence-electron chi connectivity index (χ1n) is 9.77. The molecular weight excluding hydrogens is 428 g/mol. The van der Waals surface area contributed by atoms with Gasteiger partial charge in [-0.15, -0.1) is 6.58 Å². The van der Waals surface area contributed by atoms with Crippen LogP contribution in [-0.2, 0) is 17.8 Å². The van der Waals surface area contributed by atoms with E-state index >= 15 is 0 Å². The number of aromatic nitrogens is 5. The number of thiazole rings is 1. The van der Waals surface area contributed by atoms with Crippen LogP contribution in [0.25, 0.3) is 21.6 Å². The van der Waals surface area contributed by atoms with E-state index in [1.165, 1.54) is 11.3 Å². The molecule has 0 atom stereocenters. The summed E-state index contributed by atoms with van der Waals surface area (Å²) in [6, 6.07) is 7.97. The van der Waals surface area contributed by atoms with Gasteiger partial charge in [0.15, 0.2) is 15.7 Å². The van der Waals surface area contributed by atoms with Crippen LogP contribution in [0.2, 0.25) is 0 Å². The van der Waals surface area contributed by atoms with Crippen molar-refractivity contribution in [2.24, 2.45) is 0 Å². The Morgan fingerprint density at radius 2 is 2.03 bits per heavy atom. The number of hydrogen-bond donors (Lipinski definition) is 2. The second-order valence-corrected chi connectivity index (χ2v) is 8.61. The van der Waals surface area contributed by atoms with Crippen molar-refractivity contribution in [2.75, 3.05) is 5.32 Å². The zero-order valence-electron chi connectivity index (χ0n) is 17.5. The molecule has 0 radical (unpaired) electrons. The molecule has 158 valence electrons. The number of anilines is 1. The molecule has 0 bridgehead atoms. The van der Waals surface area contributed by atoms with Crippen LogP contribution >= 0.6 is 23.6 Å². The first-order chi connectivity index (χ1) is 14.9. The van der Waals surface area contributed by atoms with Crippen LogP contribution in [0.15, 0.2) is 36.9 Å². The zero-order chi connectivity index (χ0) is 22.1. The van der Waals surface area contributed by atoms with Gasteiger partial charge in [-0.3, -0.25) is 19.4 Å². The van der Waals surface area contributed by atoms with Crippen molar-refractivity contribution in [1.82, 2.24) is 24.7 Å². The lowest BCUT2D eigenvalue weighted by Crippen LogP contribution is -2.16. The Labute approximate surface area is 188 Å². The van der Waals surface area contributed by atoms with E-state index in [4.69, 9.17) is 12.2 Å². The number of amides is 1. The van der Waals surface area contributed by atoms with Crippen LogP contribution in [0, 0.1) is 25.5 Å². The van der Waals surface area contributed by atoms with Crippen LogP contribution in [0.3, 0.4) is 0 Å². The van der Waals surface area contributed by atoms with Gasteiger partial charge in [0.1, 0.15) is 0 Å². The maximum atomic E-state index is 12.8. The third-order valence-electron chi connectivity index (χ3n) is 5.14. The largest absolute Gasteiger partial charge is 0.302 e. The quantitative estimate of drug-likeness (QED) is 0.322. The first kappa shape index (κ1) is 21.1. The Bertz CT molecular complexity index is 1360. The molecular formula is C22H22N6OS2. The van der Waals surface area contributed by atoms with Gasteiger partial charge in [0.2, 0.25) is 5.91 Å². The molecule has 0 aliphatic heterocycles. The smallest absolute Gasteiger partial charge is 0.230 e. The molecule has 0 aliphatic carbocycles. The van der Waals surface area contributed by atoms with Gasteiger partial charge in [-0.05, 0) is 50.2 Å². The molecule has 3 aromatic heterocycles. The van der Waals surface area contributed by atoms with Crippen molar-refractivity contribution in [3.63, 3.8) is 0 Å². The summed E-state index contributed by atoms with van der Waals surface area (Å²) in [5, 5.41) is 11.7. The molecule has 3 heterocycles. The summed E-state index contributed by atoms with van der Waals surface area (Å²) in [7, 11) is 0. The fourth-order valence-electron chi connectivity index (χ4n) is 3.60. The van der Waals surface area contributed by atoms with E-state index in [0.717, 1.165) is 38.3 Å². The van der Waals surface area contributed by atoms with Gasteiger partial charge in [0.05, 0.1) is 22.5 Å². The van der Waals surface area contributed by atoms with Crippen molar-refractivity contribution in [2.45, 2.75) is 33.7 Å². The lowest BCUT2D eigenvalue weighted by molar-refractivity contribution is -0.115. The summed E-state index contributed by atoms with van der Waals surface area (Å²) in [4.78, 5) is 22.9. The number of aromatic amines is 1. The Kier molecular flexibility index (Phi) is 5.79. The first-order valence-corrected chi connectivity index (χ1v) is 11.0. The van der Waals surface area contributed by atoms with Crippen LogP contribution in [0.1, 0.15) is 22.5 Å². The number of allylic oxidation sites excluding steroid dienone is 1. The molecule has 0 spiro atoms. The average molecular weight is 451 g/mol. The van der Waals surface area contributed by atoms with Crippen LogP contribution in [0.5, 0.6) is 0 Å². The summed E-state index contributed by atoms with van der Waals surface area (Å²) in [5.41, 5.74) is 4.60. The van der Waals surface area contributed by atoms with Gasteiger partial charge in [0.25, 0.3) is 0 Å². The lowest BCUT2D eigenvalue weighted by Gasteiger charge is -2.12. The van der Waals surface area contributed by atoms with E-state index in [1.807, 2.05) is 49.6 Å². The monoisotopic (exact) mass is 450 g/mol. The lowest BCUT2D eigenvalue weighted by atomic mass is 9.99. The fraction of sp³-hybridized carbons (Fsp3) is 0.227. The maximum Gasteiger partial charge on any atom is 0.230 e. The summed E-state index contributed by atoms with van der Waals surface area (Å²) >= 11 is 6.67. The normalized spacial score (nSPS) is 11.1. The zero-order valence-corrected chi connectivity index (χ0v) is 19.2. The minimum atomic E-state index is -0.131. The number of rotatable bonds is 6. The number of carbonyl (C=O) groups is 1. The molecule has 31 heavy (non-hydrogen) atoms. The van der Waals surface area contributed by atoms with Gasteiger partial charge >= 0.3 is 0 Å². The van der Waals surface area contributed by atoms with E-state index < -0.39 is 0 Å². The number of nitrogens with one attached hydrogen (secondary N) is 2. The van der Waals surface area contributed by atoms with E-state index in [9.17, 15) is 4.79 Å². The molecule has 0 unspecified atom stereocenters. The molecule has 0 saturated heterocycles. The number of benzene rings is 1. The number of carbonyl (C=O) groups excluding carboxylic acids is 1. The number of pyridine rings is 1. The van der Waals surface area contributed by atoms with E-state index in [1.54, 1.807) is 6.08 Å². The van der Waals surface area contributed by atoms with Gasteiger partial charge in [-0.2, -0.15) is 5.10 Å². The van der Waals surface area contributed by atoms with Crippen molar-refractivity contribution in [1.29, 1.82) is 0 Å². The number of H-pyrrole nitrogens is 1. The molecule has 1 aromatic carbocycles. The van der Waals surface area contributed by atoms with Gasteiger partial charge in [0, 0.05) is 17.6 Å². The highest BCUT2D eigenvalue weighted by atomic mass is 32.1. The van der Waals surface area contributed by atoms with Crippen LogP contribution in [-0.4, -0.2) is 30.6 Å². The van der Waals surface area contributed by atoms with E-state index in [0.29, 0.717) is 22.3 Å². The average Bonchev–Trinajstić information content (AvgIpc) is 3.27. The Balaban J connectivity index is 1.58. The predicted octanol–water partition coefficient (Wildman–Crippen LogP) is 4.90. The number of para-hydroxylation sites is 1. The number of fused-ring (bicyclic) bond motifs is 1.